The van der Waals surface area contributed by atoms with E-state index in [2.05, 4.69) is 24.8 Å². The van der Waals surface area contributed by atoms with E-state index >= 15 is 0 Å². The highest BCUT2D eigenvalue weighted by molar-refractivity contribution is 6.07. The Balaban J connectivity index is 2.40. The Morgan fingerprint density at radius 2 is 2.20 bits per heavy atom. The van der Waals surface area contributed by atoms with E-state index in [0.717, 1.165) is 12.1 Å². The molecule has 0 radical (unpaired) electrons. The number of carbonyl (C=O) groups excluding carboxylic acids is 1. The van der Waals surface area contributed by atoms with Crippen molar-refractivity contribution in [1.82, 2.24) is 0 Å². The molecular weight excluding hydrogens is 186 g/mol. The molecule has 1 aliphatic rings. The highest BCUT2D eigenvalue weighted by Gasteiger charge is 2.29. The molecule has 1 aliphatic heterocycles. The number of nitrogens with zero attached hydrogens (tertiary/aromatic N) is 1. The summed E-state index contributed by atoms with van der Waals surface area (Å²) in [6.45, 7) is 3.74. The quantitative estimate of drug-likeness (QED) is 0.585. The van der Waals surface area contributed by atoms with Gasteiger partial charge in [-0.05, 0) is 37.8 Å². The van der Waals surface area contributed by atoms with E-state index in [1.54, 1.807) is 11.8 Å². The Hall–Kier alpha value is -1.75. The Labute approximate surface area is 89.9 Å². The summed E-state index contributed by atoms with van der Waals surface area (Å²) in [6, 6.07) is 8.23. The first kappa shape index (κ1) is 9.79. The maximum atomic E-state index is 11.8. The minimum absolute atomic E-state index is 0.102. The van der Waals surface area contributed by atoms with E-state index in [9.17, 15) is 4.79 Å². The van der Waals surface area contributed by atoms with Crippen LogP contribution >= 0.6 is 0 Å². The van der Waals surface area contributed by atoms with Gasteiger partial charge in [0, 0.05) is 11.7 Å². The first-order valence-corrected chi connectivity index (χ1v) is 5.08. The predicted octanol–water partition coefficient (Wildman–Crippen LogP) is 1.99. The summed E-state index contributed by atoms with van der Waals surface area (Å²) in [6.07, 6.45) is 0.924. The molecule has 1 aromatic rings. The molecule has 0 aromatic heterocycles. The van der Waals surface area contributed by atoms with Crippen LogP contribution in [0.1, 0.15) is 19.4 Å². The third-order valence-corrected chi connectivity index (χ3v) is 2.66. The number of fused-ring (bicyclic) bond motifs is 1. The maximum absolute atomic E-state index is 11.8. The first-order chi connectivity index (χ1) is 7.24. The summed E-state index contributed by atoms with van der Waals surface area (Å²) < 4.78 is 0. The van der Waals surface area contributed by atoms with Gasteiger partial charge in [-0.1, -0.05) is 24.1 Å². The molecule has 1 heterocycles. The van der Waals surface area contributed by atoms with Gasteiger partial charge >= 0.3 is 5.91 Å². The fourth-order valence-electron chi connectivity index (χ4n) is 2.04. The molecule has 0 aliphatic carbocycles. The number of carbonyl (C=O) groups is 1. The van der Waals surface area contributed by atoms with Gasteiger partial charge in [-0.15, -0.1) is 0 Å². The van der Waals surface area contributed by atoms with Crippen LogP contribution in [0.3, 0.4) is 0 Å². The maximum Gasteiger partial charge on any atom is 0.303 e. The van der Waals surface area contributed by atoms with Crippen LogP contribution in [0.5, 0.6) is 0 Å². The largest absolute Gasteiger partial charge is 0.303 e. The zero-order valence-corrected chi connectivity index (χ0v) is 8.95. The number of benzene rings is 1. The molecule has 1 aromatic carbocycles. The van der Waals surface area contributed by atoms with Crippen molar-refractivity contribution >= 4 is 11.6 Å². The van der Waals surface area contributed by atoms with Gasteiger partial charge in [0.25, 0.3) is 0 Å². The Morgan fingerprint density at radius 1 is 1.47 bits per heavy atom. The van der Waals surface area contributed by atoms with E-state index in [1.165, 1.54) is 5.56 Å². The lowest BCUT2D eigenvalue weighted by atomic mass is 10.1. The monoisotopic (exact) mass is 199 g/mol. The molecule has 0 fully saturated rings. The van der Waals surface area contributed by atoms with Crippen molar-refractivity contribution in [2.24, 2.45) is 0 Å². The highest BCUT2D eigenvalue weighted by Crippen LogP contribution is 2.31. The number of hydrogen-bond acceptors (Lipinski definition) is 1. The normalized spacial score (nSPS) is 18.0. The van der Waals surface area contributed by atoms with Crippen molar-refractivity contribution in [1.29, 1.82) is 0 Å². The molecule has 0 saturated heterocycles. The molecule has 1 amide bonds. The van der Waals surface area contributed by atoms with E-state index in [-0.39, 0.29) is 11.9 Å². The van der Waals surface area contributed by atoms with Crippen LogP contribution in [0.2, 0.25) is 0 Å². The summed E-state index contributed by atoms with van der Waals surface area (Å²) in [5, 5.41) is 0. The summed E-state index contributed by atoms with van der Waals surface area (Å²) in [5.74, 6) is 5.15. The average molecular weight is 199 g/mol. The van der Waals surface area contributed by atoms with Crippen LogP contribution in [0.4, 0.5) is 5.69 Å². The Kier molecular flexibility index (Phi) is 2.47. The van der Waals surface area contributed by atoms with Crippen LogP contribution in [0, 0.1) is 11.8 Å². The molecule has 1 atom stereocenters. The molecule has 0 spiro atoms. The number of amides is 1. The Bertz CT molecular complexity index is 453. The zero-order valence-electron chi connectivity index (χ0n) is 8.95. The van der Waals surface area contributed by atoms with Crippen LogP contribution in [0.25, 0.3) is 0 Å². The zero-order chi connectivity index (χ0) is 10.8. The molecule has 2 rings (SSSR count). The topological polar surface area (TPSA) is 20.3 Å². The predicted molar refractivity (Wildman–Crippen MR) is 60.5 cm³/mol. The molecule has 0 bridgehead atoms. The van der Waals surface area contributed by atoms with Crippen LogP contribution in [0.15, 0.2) is 24.3 Å². The van der Waals surface area contributed by atoms with Crippen LogP contribution < -0.4 is 4.90 Å². The lowest BCUT2D eigenvalue weighted by molar-refractivity contribution is -0.113. The summed E-state index contributed by atoms with van der Waals surface area (Å²) in [7, 11) is 0. The van der Waals surface area contributed by atoms with Crippen LogP contribution in [-0.2, 0) is 11.2 Å². The molecule has 2 nitrogen and oxygen atoms in total. The van der Waals surface area contributed by atoms with Crippen LogP contribution in [-0.4, -0.2) is 11.9 Å². The van der Waals surface area contributed by atoms with Gasteiger partial charge in [0.15, 0.2) is 0 Å². The second-order valence-corrected chi connectivity index (χ2v) is 3.73. The third-order valence-electron chi connectivity index (χ3n) is 2.66. The number of rotatable bonds is 0. The average Bonchev–Trinajstić information content (AvgIpc) is 2.54. The van der Waals surface area contributed by atoms with Gasteiger partial charge in [0.05, 0.1) is 0 Å². The van der Waals surface area contributed by atoms with E-state index in [0.29, 0.717) is 0 Å². The van der Waals surface area contributed by atoms with Crippen molar-refractivity contribution < 1.29 is 4.79 Å². The standard InChI is InChI=1S/C13H13NO/c1-3-6-13(15)14-10(2)9-11-7-4-5-8-12(11)14/h4-5,7-8,10H,9H2,1-2H3. The third kappa shape index (κ3) is 1.61. The summed E-state index contributed by atoms with van der Waals surface area (Å²) in [5.41, 5.74) is 2.24. The molecule has 76 valence electrons. The van der Waals surface area contributed by atoms with E-state index in [4.69, 9.17) is 0 Å². The smallest absolute Gasteiger partial charge is 0.298 e. The molecule has 0 saturated carbocycles. The fraction of sp³-hybridized carbons (Fsp3) is 0.308. The van der Waals surface area contributed by atoms with Crippen molar-refractivity contribution in [3.8, 4) is 11.8 Å². The van der Waals surface area contributed by atoms with Gasteiger partial charge in [-0.3, -0.25) is 9.69 Å². The molecule has 1 unspecified atom stereocenters. The van der Waals surface area contributed by atoms with Crippen molar-refractivity contribution in [2.45, 2.75) is 26.3 Å². The first-order valence-electron chi connectivity index (χ1n) is 5.08. The molecule has 0 N–H and O–H groups in total. The molecule has 2 heteroatoms. The van der Waals surface area contributed by atoms with Crippen molar-refractivity contribution in [3.63, 3.8) is 0 Å². The van der Waals surface area contributed by atoms with E-state index in [1.807, 2.05) is 18.2 Å². The van der Waals surface area contributed by atoms with Gasteiger partial charge < -0.3 is 0 Å². The summed E-state index contributed by atoms with van der Waals surface area (Å²) in [4.78, 5) is 13.6. The lowest BCUT2D eigenvalue weighted by Crippen LogP contribution is -2.34. The van der Waals surface area contributed by atoms with Crippen molar-refractivity contribution in [2.75, 3.05) is 4.90 Å². The minimum atomic E-state index is -0.102. The second kappa shape index (κ2) is 3.78. The second-order valence-electron chi connectivity index (χ2n) is 3.73. The van der Waals surface area contributed by atoms with E-state index < -0.39 is 0 Å². The number of para-hydroxylation sites is 1. The number of hydrogen-bond donors (Lipinski definition) is 0. The van der Waals surface area contributed by atoms with Gasteiger partial charge in [-0.25, -0.2) is 0 Å². The van der Waals surface area contributed by atoms with Gasteiger partial charge in [0.1, 0.15) is 0 Å². The van der Waals surface area contributed by atoms with Crippen molar-refractivity contribution in [3.05, 3.63) is 29.8 Å². The molecular formula is C13H13NO. The SMILES string of the molecule is CC#CC(=O)N1c2ccccc2CC1C. The van der Waals surface area contributed by atoms with Gasteiger partial charge in [0.2, 0.25) is 0 Å². The highest BCUT2D eigenvalue weighted by atomic mass is 16.2. The summed E-state index contributed by atoms with van der Waals surface area (Å²) >= 11 is 0. The van der Waals surface area contributed by atoms with Gasteiger partial charge in [-0.2, -0.15) is 0 Å². The fourth-order valence-corrected chi connectivity index (χ4v) is 2.04. The molecule has 15 heavy (non-hydrogen) atoms. The minimum Gasteiger partial charge on any atom is -0.298 e. The Morgan fingerprint density at radius 3 is 2.93 bits per heavy atom. The lowest BCUT2D eigenvalue weighted by Gasteiger charge is -2.19. The number of anilines is 1.